The second-order valence-electron chi connectivity index (χ2n) is 4.40. The Kier molecular flexibility index (Phi) is 3.26. The molecule has 0 aliphatic carbocycles. The summed E-state index contributed by atoms with van der Waals surface area (Å²) < 4.78 is 22.8. The molecule has 0 amide bonds. The summed E-state index contributed by atoms with van der Waals surface area (Å²) in [7, 11) is -3.21. The molecular formula is C12H10ClN5O2S. The van der Waals surface area contributed by atoms with Crippen molar-refractivity contribution in [2.75, 3.05) is 11.6 Å². The molecule has 9 heteroatoms. The number of rotatable bonds is 3. The summed E-state index contributed by atoms with van der Waals surface area (Å²) in [4.78, 5) is 8.36. The van der Waals surface area contributed by atoms with E-state index in [1.54, 1.807) is 18.3 Å². The fraction of sp³-hybridized carbons (Fsp3) is 0.0833. The lowest BCUT2D eigenvalue weighted by Crippen LogP contribution is -1.99. The Morgan fingerprint density at radius 1 is 1.19 bits per heavy atom. The van der Waals surface area contributed by atoms with E-state index >= 15 is 0 Å². The van der Waals surface area contributed by atoms with Gasteiger partial charge in [0.25, 0.3) is 0 Å². The van der Waals surface area contributed by atoms with Gasteiger partial charge in [-0.15, -0.1) is 0 Å². The molecule has 0 saturated carbocycles. The lowest BCUT2D eigenvalue weighted by atomic mass is 10.3. The van der Waals surface area contributed by atoms with Crippen molar-refractivity contribution in [2.24, 2.45) is 0 Å². The van der Waals surface area contributed by atoms with E-state index in [9.17, 15) is 8.42 Å². The van der Waals surface area contributed by atoms with Crippen LogP contribution in [-0.2, 0) is 9.84 Å². The summed E-state index contributed by atoms with van der Waals surface area (Å²) in [5.74, 6) is 0.492. The van der Waals surface area contributed by atoms with Crippen LogP contribution in [0.4, 0.5) is 11.5 Å². The number of H-pyrrole nitrogens is 1. The van der Waals surface area contributed by atoms with E-state index in [1.807, 2.05) is 0 Å². The minimum Gasteiger partial charge on any atom is -0.339 e. The Hall–Kier alpha value is -2.19. The number of aromatic amines is 1. The van der Waals surface area contributed by atoms with E-state index in [0.717, 1.165) is 6.26 Å². The van der Waals surface area contributed by atoms with Gasteiger partial charge in [-0.2, -0.15) is 15.1 Å². The molecule has 0 atom stereocenters. The Balaban J connectivity index is 1.97. The maximum Gasteiger partial charge on any atom is 0.226 e. The molecule has 0 saturated heterocycles. The van der Waals surface area contributed by atoms with Crippen molar-refractivity contribution in [1.29, 1.82) is 0 Å². The third kappa shape index (κ3) is 2.81. The standard InChI is InChI=1S/C12H10ClN5O2S/c1-21(19,20)8-4-2-7(3-5-8)15-10-9-6-14-18-11(9)17-12(13)16-10/h2-6H,1H3,(H2,14,15,16,17,18). The zero-order chi connectivity index (χ0) is 15.0. The molecule has 0 radical (unpaired) electrons. The number of nitrogens with zero attached hydrogens (tertiary/aromatic N) is 3. The van der Waals surface area contributed by atoms with Crippen LogP contribution in [0.3, 0.4) is 0 Å². The van der Waals surface area contributed by atoms with E-state index in [2.05, 4.69) is 25.5 Å². The highest BCUT2D eigenvalue weighted by Gasteiger charge is 2.10. The number of sulfone groups is 1. The first-order valence-corrected chi connectivity index (χ1v) is 8.14. The monoisotopic (exact) mass is 323 g/mol. The number of anilines is 2. The average molecular weight is 324 g/mol. The van der Waals surface area contributed by atoms with Crippen LogP contribution >= 0.6 is 11.6 Å². The van der Waals surface area contributed by atoms with Gasteiger partial charge in [-0.05, 0) is 35.9 Å². The van der Waals surface area contributed by atoms with Gasteiger partial charge < -0.3 is 5.32 Å². The summed E-state index contributed by atoms with van der Waals surface area (Å²) in [6, 6.07) is 6.34. The van der Waals surface area contributed by atoms with Crippen LogP contribution in [0, 0.1) is 0 Å². The Labute approximate surface area is 125 Å². The molecular weight excluding hydrogens is 314 g/mol. The summed E-state index contributed by atoms with van der Waals surface area (Å²) in [6.45, 7) is 0. The second-order valence-corrected chi connectivity index (χ2v) is 6.75. The molecule has 0 fully saturated rings. The van der Waals surface area contributed by atoms with Crippen LogP contribution in [0.1, 0.15) is 0 Å². The van der Waals surface area contributed by atoms with E-state index < -0.39 is 9.84 Å². The lowest BCUT2D eigenvalue weighted by molar-refractivity contribution is 0.602. The SMILES string of the molecule is CS(=O)(=O)c1ccc(Nc2nc(Cl)nc3[nH]ncc23)cc1. The van der Waals surface area contributed by atoms with Crippen LogP contribution in [-0.4, -0.2) is 34.8 Å². The van der Waals surface area contributed by atoms with Crippen molar-refractivity contribution in [1.82, 2.24) is 20.2 Å². The Bertz CT molecular complexity index is 905. The van der Waals surface area contributed by atoms with Crippen LogP contribution in [0.5, 0.6) is 0 Å². The van der Waals surface area contributed by atoms with Crippen molar-refractivity contribution in [3.8, 4) is 0 Å². The Morgan fingerprint density at radius 2 is 1.90 bits per heavy atom. The third-order valence-electron chi connectivity index (χ3n) is 2.83. The molecule has 0 bridgehead atoms. The molecule has 21 heavy (non-hydrogen) atoms. The highest BCUT2D eigenvalue weighted by Crippen LogP contribution is 2.24. The molecule has 0 spiro atoms. The van der Waals surface area contributed by atoms with Crippen LogP contribution in [0.15, 0.2) is 35.4 Å². The van der Waals surface area contributed by atoms with Gasteiger partial charge in [-0.1, -0.05) is 0 Å². The predicted octanol–water partition coefficient (Wildman–Crippen LogP) is 2.15. The number of aromatic nitrogens is 4. The zero-order valence-electron chi connectivity index (χ0n) is 10.8. The minimum absolute atomic E-state index is 0.0852. The van der Waals surface area contributed by atoms with Crippen LogP contribution in [0.25, 0.3) is 11.0 Å². The minimum atomic E-state index is -3.21. The van der Waals surface area contributed by atoms with Gasteiger partial charge in [0.15, 0.2) is 15.5 Å². The van der Waals surface area contributed by atoms with E-state index in [-0.39, 0.29) is 10.2 Å². The second kappa shape index (κ2) is 4.97. The number of fused-ring (bicyclic) bond motifs is 1. The van der Waals surface area contributed by atoms with Gasteiger partial charge in [0.2, 0.25) is 5.28 Å². The Morgan fingerprint density at radius 3 is 2.57 bits per heavy atom. The van der Waals surface area contributed by atoms with Gasteiger partial charge in [0.05, 0.1) is 16.5 Å². The van der Waals surface area contributed by atoms with Crippen LogP contribution < -0.4 is 5.32 Å². The molecule has 3 rings (SSSR count). The van der Waals surface area contributed by atoms with Gasteiger partial charge in [-0.25, -0.2) is 8.42 Å². The largest absolute Gasteiger partial charge is 0.339 e. The smallest absolute Gasteiger partial charge is 0.226 e. The number of benzene rings is 1. The van der Waals surface area contributed by atoms with Crippen molar-refractivity contribution in [2.45, 2.75) is 4.90 Å². The topological polar surface area (TPSA) is 101 Å². The van der Waals surface area contributed by atoms with Crippen molar-refractivity contribution >= 4 is 44.0 Å². The highest BCUT2D eigenvalue weighted by molar-refractivity contribution is 7.90. The molecule has 2 heterocycles. The quantitative estimate of drug-likeness (QED) is 0.716. The molecule has 1 aromatic carbocycles. The molecule has 7 nitrogen and oxygen atoms in total. The number of hydrogen-bond acceptors (Lipinski definition) is 6. The van der Waals surface area contributed by atoms with Crippen molar-refractivity contribution in [3.05, 3.63) is 35.7 Å². The lowest BCUT2D eigenvalue weighted by Gasteiger charge is -2.07. The third-order valence-corrected chi connectivity index (χ3v) is 4.13. The van der Waals surface area contributed by atoms with Crippen LogP contribution in [0.2, 0.25) is 5.28 Å². The summed E-state index contributed by atoms with van der Waals surface area (Å²) in [5.41, 5.74) is 1.20. The van der Waals surface area contributed by atoms with Gasteiger partial charge in [-0.3, -0.25) is 5.10 Å². The van der Waals surface area contributed by atoms with Gasteiger partial charge in [0, 0.05) is 11.9 Å². The normalized spacial score (nSPS) is 11.7. The zero-order valence-corrected chi connectivity index (χ0v) is 12.4. The maximum atomic E-state index is 11.4. The molecule has 0 aliphatic rings. The van der Waals surface area contributed by atoms with Crippen molar-refractivity contribution in [3.63, 3.8) is 0 Å². The van der Waals surface area contributed by atoms with Gasteiger partial charge >= 0.3 is 0 Å². The van der Waals surface area contributed by atoms with Crippen molar-refractivity contribution < 1.29 is 8.42 Å². The van der Waals surface area contributed by atoms with E-state index in [4.69, 9.17) is 11.6 Å². The number of nitrogens with one attached hydrogen (secondary N) is 2. The molecule has 2 aromatic heterocycles. The average Bonchev–Trinajstić information content (AvgIpc) is 2.86. The fourth-order valence-electron chi connectivity index (χ4n) is 1.83. The predicted molar refractivity (Wildman–Crippen MR) is 79.5 cm³/mol. The number of hydrogen-bond donors (Lipinski definition) is 2. The van der Waals surface area contributed by atoms with E-state index in [1.165, 1.54) is 12.1 Å². The fourth-order valence-corrected chi connectivity index (χ4v) is 2.62. The first kappa shape index (κ1) is 13.8. The molecule has 0 unspecified atom stereocenters. The number of halogens is 1. The van der Waals surface area contributed by atoms with E-state index in [0.29, 0.717) is 22.5 Å². The maximum absolute atomic E-state index is 11.4. The summed E-state index contributed by atoms with van der Waals surface area (Å²) in [5, 5.41) is 10.4. The first-order valence-electron chi connectivity index (χ1n) is 5.87. The first-order chi connectivity index (χ1) is 9.93. The summed E-state index contributed by atoms with van der Waals surface area (Å²) >= 11 is 5.84. The summed E-state index contributed by atoms with van der Waals surface area (Å²) in [6.07, 6.45) is 2.74. The molecule has 2 N–H and O–H groups in total. The molecule has 108 valence electrons. The molecule has 3 aromatic rings. The highest BCUT2D eigenvalue weighted by atomic mass is 35.5. The molecule has 0 aliphatic heterocycles. The van der Waals surface area contributed by atoms with Gasteiger partial charge in [0.1, 0.15) is 5.82 Å².